The highest BCUT2D eigenvalue weighted by Crippen LogP contribution is 2.44. The van der Waals surface area contributed by atoms with Crippen LogP contribution in [-0.4, -0.2) is 70.3 Å². The van der Waals surface area contributed by atoms with Crippen molar-refractivity contribution < 1.29 is 32.2 Å². The molecule has 34 heavy (non-hydrogen) atoms. The van der Waals surface area contributed by atoms with Crippen LogP contribution in [0.4, 0.5) is 10.6 Å². The number of imidazole rings is 1. The first-order chi connectivity index (χ1) is 15.7. The quantitative estimate of drug-likeness (QED) is 0.505. The van der Waals surface area contributed by atoms with Gasteiger partial charge in [0.2, 0.25) is 0 Å². The summed E-state index contributed by atoms with van der Waals surface area (Å²) >= 11 is 0. The summed E-state index contributed by atoms with van der Waals surface area (Å²) in [5.41, 5.74) is 5.97. The molecule has 188 valence electrons. The van der Waals surface area contributed by atoms with Crippen LogP contribution in [-0.2, 0) is 29.2 Å². The molecule has 14 nitrogen and oxygen atoms in total. The maximum Gasteiger partial charge on any atom is 0.422 e. The molecular formula is C19H29N7O7S. The fraction of sp³-hybridized carbons (Fsp3) is 0.684. The highest BCUT2D eigenvalue weighted by Gasteiger charge is 2.55. The number of nitrogens with two attached hydrogens (primary N) is 1. The first-order valence-corrected chi connectivity index (χ1v) is 12.2. The van der Waals surface area contributed by atoms with Gasteiger partial charge in [-0.1, -0.05) is 0 Å². The molecule has 4 rings (SSSR count). The summed E-state index contributed by atoms with van der Waals surface area (Å²) in [6.07, 6.45) is -0.0600. The van der Waals surface area contributed by atoms with E-state index in [4.69, 9.17) is 24.7 Å². The Labute approximate surface area is 196 Å². The van der Waals surface area contributed by atoms with Gasteiger partial charge in [-0.05, 0) is 41.0 Å². The molecule has 15 heteroatoms. The van der Waals surface area contributed by atoms with Crippen molar-refractivity contribution in [2.45, 2.75) is 77.0 Å². The summed E-state index contributed by atoms with van der Waals surface area (Å²) in [7, 11) is -4.13. The standard InChI is InChI=1S/C19H29N7O7S/c1-18(2,3)33-17(27)25-34(28,29)24-7-6-10-12-13(32-19(4,5)31-12)16(30-10)26-9-23-11-14(20)21-8-22-15(11)26/h8-10,12-13,16,24H,6-7H2,1-5H3,(H,25,27)(H2,20,21,22)/t10-,12-,13-,16-/m1/s1. The summed E-state index contributed by atoms with van der Waals surface area (Å²) in [6.45, 7) is 8.45. The Morgan fingerprint density at radius 2 is 1.94 bits per heavy atom. The van der Waals surface area contributed by atoms with E-state index in [1.54, 1.807) is 45.5 Å². The fourth-order valence-corrected chi connectivity index (χ4v) is 4.67. The van der Waals surface area contributed by atoms with Gasteiger partial charge in [0.15, 0.2) is 23.5 Å². The topological polar surface area (TPSA) is 182 Å². The van der Waals surface area contributed by atoms with Crippen molar-refractivity contribution in [1.29, 1.82) is 0 Å². The molecule has 4 N–H and O–H groups in total. The molecule has 0 unspecified atom stereocenters. The number of amides is 1. The smallest absolute Gasteiger partial charge is 0.422 e. The summed E-state index contributed by atoms with van der Waals surface area (Å²) in [5.74, 6) is -0.622. The van der Waals surface area contributed by atoms with Gasteiger partial charge in [-0.25, -0.2) is 24.5 Å². The van der Waals surface area contributed by atoms with E-state index >= 15 is 0 Å². The summed E-state index contributed by atoms with van der Waals surface area (Å²) in [6, 6.07) is 0. The molecule has 0 spiro atoms. The number of aromatic nitrogens is 4. The van der Waals surface area contributed by atoms with Crippen LogP contribution in [0.3, 0.4) is 0 Å². The number of nitrogen functional groups attached to an aromatic ring is 1. The number of rotatable bonds is 6. The van der Waals surface area contributed by atoms with Crippen molar-refractivity contribution >= 4 is 33.3 Å². The summed E-state index contributed by atoms with van der Waals surface area (Å²) in [4.78, 5) is 24.3. The number of ether oxygens (including phenoxy) is 4. The molecule has 2 saturated heterocycles. The highest BCUT2D eigenvalue weighted by molar-refractivity contribution is 7.88. The van der Waals surface area contributed by atoms with Gasteiger partial charge >= 0.3 is 16.3 Å². The first kappa shape index (κ1) is 24.5. The number of fused-ring (bicyclic) bond motifs is 2. The van der Waals surface area contributed by atoms with Gasteiger partial charge < -0.3 is 24.7 Å². The normalized spacial score (nSPS) is 26.5. The first-order valence-electron chi connectivity index (χ1n) is 10.7. The zero-order valence-corrected chi connectivity index (χ0v) is 20.3. The highest BCUT2D eigenvalue weighted by atomic mass is 32.2. The van der Waals surface area contributed by atoms with Crippen LogP contribution in [0.1, 0.15) is 47.3 Å². The molecule has 4 heterocycles. The maximum absolute atomic E-state index is 12.2. The number of carbonyl (C=O) groups is 1. The molecule has 0 radical (unpaired) electrons. The van der Waals surface area contributed by atoms with Gasteiger partial charge in [-0.15, -0.1) is 0 Å². The molecule has 2 fully saturated rings. The van der Waals surface area contributed by atoms with E-state index in [1.807, 2.05) is 4.72 Å². The molecule has 0 bridgehead atoms. The Morgan fingerprint density at radius 3 is 2.65 bits per heavy atom. The number of hydrogen-bond acceptors (Lipinski definition) is 11. The van der Waals surface area contributed by atoms with Crippen LogP contribution >= 0.6 is 0 Å². The largest absolute Gasteiger partial charge is 0.443 e. The van der Waals surface area contributed by atoms with E-state index in [-0.39, 0.29) is 18.8 Å². The van der Waals surface area contributed by atoms with E-state index in [0.29, 0.717) is 11.2 Å². The van der Waals surface area contributed by atoms with Crippen molar-refractivity contribution in [3.8, 4) is 0 Å². The van der Waals surface area contributed by atoms with Gasteiger partial charge in [0.25, 0.3) is 0 Å². The number of nitrogens with zero attached hydrogens (tertiary/aromatic N) is 4. The third-order valence-electron chi connectivity index (χ3n) is 5.12. The lowest BCUT2D eigenvalue weighted by Crippen LogP contribution is -2.44. The lowest BCUT2D eigenvalue weighted by molar-refractivity contribution is -0.196. The van der Waals surface area contributed by atoms with Crippen LogP contribution in [0.5, 0.6) is 0 Å². The van der Waals surface area contributed by atoms with Crippen molar-refractivity contribution in [2.75, 3.05) is 12.3 Å². The zero-order valence-electron chi connectivity index (χ0n) is 19.5. The molecular weight excluding hydrogens is 470 g/mol. The maximum atomic E-state index is 12.2. The number of hydrogen-bond donors (Lipinski definition) is 3. The second kappa shape index (κ2) is 8.57. The summed E-state index contributed by atoms with van der Waals surface area (Å²) < 4.78 is 53.5. The lowest BCUT2D eigenvalue weighted by Gasteiger charge is -2.25. The zero-order chi connectivity index (χ0) is 24.9. The average molecular weight is 500 g/mol. The predicted molar refractivity (Wildman–Crippen MR) is 118 cm³/mol. The Balaban J connectivity index is 1.44. The van der Waals surface area contributed by atoms with Crippen molar-refractivity contribution in [3.05, 3.63) is 12.7 Å². The van der Waals surface area contributed by atoms with Crippen LogP contribution in [0, 0.1) is 0 Å². The molecule has 0 saturated carbocycles. The predicted octanol–water partition coefficient (Wildman–Crippen LogP) is 0.575. The molecule has 4 atom stereocenters. The van der Waals surface area contributed by atoms with Crippen molar-refractivity contribution in [1.82, 2.24) is 29.0 Å². The molecule has 2 aliphatic heterocycles. The molecule has 0 aliphatic carbocycles. The number of carbonyl (C=O) groups excluding carboxylic acids is 1. The van der Waals surface area contributed by atoms with Gasteiger partial charge in [-0.3, -0.25) is 4.57 Å². The van der Waals surface area contributed by atoms with Gasteiger partial charge in [0.05, 0.1) is 12.4 Å². The second-order valence-corrected chi connectivity index (χ2v) is 11.0. The van der Waals surface area contributed by atoms with Crippen LogP contribution in [0.25, 0.3) is 11.2 Å². The average Bonchev–Trinajstić information content (AvgIpc) is 3.32. The van der Waals surface area contributed by atoms with Crippen LogP contribution < -0.4 is 15.2 Å². The molecule has 1 amide bonds. The lowest BCUT2D eigenvalue weighted by atomic mass is 10.1. The van der Waals surface area contributed by atoms with Gasteiger partial charge in [0, 0.05) is 6.54 Å². The van der Waals surface area contributed by atoms with E-state index in [9.17, 15) is 13.2 Å². The minimum atomic E-state index is -4.13. The summed E-state index contributed by atoms with van der Waals surface area (Å²) in [5, 5.41) is 0. The third kappa shape index (κ3) is 5.22. The molecule has 2 aromatic rings. The number of nitrogens with one attached hydrogen (secondary N) is 2. The van der Waals surface area contributed by atoms with Gasteiger partial charge in [0.1, 0.15) is 29.7 Å². The van der Waals surface area contributed by atoms with Crippen LogP contribution in [0.2, 0.25) is 0 Å². The Kier molecular flexibility index (Phi) is 6.18. The van der Waals surface area contributed by atoms with E-state index < -0.39 is 52.2 Å². The Hall–Kier alpha value is -2.59. The van der Waals surface area contributed by atoms with E-state index in [1.165, 1.54) is 6.33 Å². The SMILES string of the molecule is CC(C)(C)OC(=O)NS(=O)(=O)NCC[C@H]1O[C@@H](n2cnc3c(N)ncnc32)[C@@H]2OC(C)(C)O[C@@H]21. The van der Waals surface area contributed by atoms with Gasteiger partial charge in [-0.2, -0.15) is 13.1 Å². The Morgan fingerprint density at radius 1 is 1.24 bits per heavy atom. The number of anilines is 1. The molecule has 2 aliphatic rings. The Bertz CT molecular complexity index is 1180. The van der Waals surface area contributed by atoms with Crippen molar-refractivity contribution in [2.24, 2.45) is 0 Å². The monoisotopic (exact) mass is 499 g/mol. The van der Waals surface area contributed by atoms with E-state index in [2.05, 4.69) is 19.7 Å². The fourth-order valence-electron chi connectivity index (χ4n) is 3.95. The molecule has 0 aromatic carbocycles. The second-order valence-electron chi connectivity index (χ2n) is 9.50. The third-order valence-corrected chi connectivity index (χ3v) is 6.14. The minimum absolute atomic E-state index is 0.0255. The van der Waals surface area contributed by atoms with Crippen molar-refractivity contribution in [3.63, 3.8) is 0 Å². The van der Waals surface area contributed by atoms with Crippen LogP contribution in [0.15, 0.2) is 12.7 Å². The van der Waals surface area contributed by atoms with E-state index in [0.717, 1.165) is 0 Å². The molecule has 2 aromatic heterocycles. The minimum Gasteiger partial charge on any atom is -0.443 e.